The van der Waals surface area contributed by atoms with E-state index in [9.17, 15) is 0 Å². The molecule has 0 fully saturated rings. The molecule has 0 aliphatic heterocycles. The minimum absolute atomic E-state index is 0. The monoisotopic (exact) mass is 420 g/mol. The first-order valence-electron chi connectivity index (χ1n) is 3.03. The molecule has 0 aliphatic rings. The molecule has 7 heteroatoms. The van der Waals surface area contributed by atoms with Crippen LogP contribution in [0, 0.1) is 0 Å². The number of hydrogen-bond acceptors (Lipinski definition) is 2. The van der Waals surface area contributed by atoms with E-state index in [0.717, 1.165) is 4.47 Å². The van der Waals surface area contributed by atoms with Gasteiger partial charge < -0.3 is 10.0 Å². The summed E-state index contributed by atoms with van der Waals surface area (Å²) in [7, 11) is -1.47. The summed E-state index contributed by atoms with van der Waals surface area (Å²) < 4.78 is 2.17. The second kappa shape index (κ2) is 5.98. The molecule has 0 unspecified atom stereocenters. The average Bonchev–Trinajstić information content (AvgIpc) is 1.82. The third-order valence-electron chi connectivity index (χ3n) is 1.30. The first kappa shape index (κ1) is 14.3. The quantitative estimate of drug-likeness (QED) is 0.674. The Morgan fingerprint density at radius 1 is 1.00 bits per heavy atom. The number of rotatable bonds is 1. The number of halogens is 3. The first-order valence-corrected chi connectivity index (χ1v) is 5.41. The molecule has 2 N–H and O–H groups in total. The molecule has 0 saturated carbocycles. The topological polar surface area (TPSA) is 40.5 Å². The predicted octanol–water partition coefficient (Wildman–Crippen LogP) is 1.65. The molecular weight excluding hydrogens is 420 g/mol. The van der Waals surface area contributed by atoms with Crippen molar-refractivity contribution in [2.45, 2.75) is 0 Å². The Balaban J connectivity index is 0.00000144. The number of benzene rings is 1. The molecule has 0 aromatic heterocycles. The van der Waals surface area contributed by atoms with Crippen molar-refractivity contribution in [3.63, 3.8) is 0 Å². The molecule has 1 aromatic carbocycles. The Bertz CT molecular complexity index is 285. The summed E-state index contributed by atoms with van der Waals surface area (Å²) in [5.74, 6) is 0. The molecule has 0 spiro atoms. The van der Waals surface area contributed by atoms with Gasteiger partial charge in [-0.3, -0.25) is 0 Å². The fraction of sp³-hybridized carbons (Fsp3) is 0. The van der Waals surface area contributed by atoms with Crippen LogP contribution >= 0.6 is 47.8 Å². The molecule has 0 bridgehead atoms. The largest absolute Gasteiger partial charge is 0.490 e. The van der Waals surface area contributed by atoms with Crippen LogP contribution in [0.3, 0.4) is 0 Å². The number of hydrogen-bond donors (Lipinski definition) is 2. The van der Waals surface area contributed by atoms with E-state index in [1.807, 2.05) is 0 Å². The van der Waals surface area contributed by atoms with E-state index in [1.165, 1.54) is 0 Å². The Morgan fingerprint density at radius 2 is 1.38 bits per heavy atom. The van der Waals surface area contributed by atoms with Crippen LogP contribution in [-0.4, -0.2) is 17.2 Å². The van der Waals surface area contributed by atoms with Gasteiger partial charge in [-0.05, 0) is 12.1 Å². The third kappa shape index (κ3) is 3.72. The van der Waals surface area contributed by atoms with Crippen molar-refractivity contribution < 1.29 is 29.5 Å². The van der Waals surface area contributed by atoms with E-state index in [-0.39, 0.29) is 19.5 Å². The maximum Gasteiger partial charge on any atom is 0.490 e. The van der Waals surface area contributed by atoms with Gasteiger partial charge in [0.2, 0.25) is 0 Å². The fourth-order valence-electron chi connectivity index (χ4n) is 0.800. The van der Waals surface area contributed by atoms with E-state index in [4.69, 9.17) is 10.0 Å². The summed E-state index contributed by atoms with van der Waals surface area (Å²) >= 11 is 9.71. The zero-order valence-electron chi connectivity index (χ0n) is 6.47. The predicted molar refractivity (Wildman–Crippen MR) is 59.4 cm³/mol. The second-order valence-electron chi connectivity index (χ2n) is 2.16. The summed E-state index contributed by atoms with van der Waals surface area (Å²) in [6.45, 7) is 0. The van der Waals surface area contributed by atoms with Gasteiger partial charge in [0.25, 0.3) is 0 Å². The van der Waals surface area contributed by atoms with Gasteiger partial charge in [-0.15, -0.1) is 0 Å². The summed E-state index contributed by atoms with van der Waals surface area (Å²) in [6.07, 6.45) is 0. The van der Waals surface area contributed by atoms with Crippen molar-refractivity contribution >= 4 is 60.4 Å². The Hall–Kier alpha value is 1.27. The van der Waals surface area contributed by atoms with Gasteiger partial charge in [0, 0.05) is 38.4 Å². The van der Waals surface area contributed by atoms with Gasteiger partial charge in [-0.25, -0.2) is 0 Å². The molecule has 0 saturated heterocycles. The zero-order valence-corrected chi connectivity index (χ0v) is 14.2. The van der Waals surface area contributed by atoms with Crippen LogP contribution in [0.25, 0.3) is 0 Å². The van der Waals surface area contributed by atoms with Crippen molar-refractivity contribution in [3.05, 3.63) is 25.6 Å². The molecule has 0 heterocycles. The molecular formula is C6H4BBr3O2Zn. The molecule has 0 atom stereocenters. The van der Waals surface area contributed by atoms with Crippen molar-refractivity contribution in [3.8, 4) is 0 Å². The normalized spacial score (nSPS) is 9.31. The van der Waals surface area contributed by atoms with Crippen LogP contribution in [0.1, 0.15) is 0 Å². The van der Waals surface area contributed by atoms with Gasteiger partial charge in [0.15, 0.2) is 0 Å². The summed E-state index contributed by atoms with van der Waals surface area (Å²) in [5, 5.41) is 17.9. The van der Waals surface area contributed by atoms with E-state index in [0.29, 0.717) is 14.4 Å². The second-order valence-corrected chi connectivity index (χ2v) is 4.78. The van der Waals surface area contributed by atoms with Gasteiger partial charge in [-0.1, -0.05) is 47.8 Å². The van der Waals surface area contributed by atoms with Gasteiger partial charge in [0.05, 0.1) is 0 Å². The SMILES string of the molecule is OB(O)c1c(Br)cc(Br)cc1Br.[Zn]. The van der Waals surface area contributed by atoms with Crippen LogP contribution in [0.4, 0.5) is 0 Å². The standard InChI is InChI=1S/C6H4BBr3O2.Zn/c8-3-1-4(9)6(7(11)12)5(10)2-3;/h1-2,11-12H;. The van der Waals surface area contributed by atoms with Gasteiger partial charge in [0.1, 0.15) is 0 Å². The minimum Gasteiger partial charge on any atom is -0.423 e. The van der Waals surface area contributed by atoms with Crippen molar-refractivity contribution in [1.29, 1.82) is 0 Å². The van der Waals surface area contributed by atoms with E-state index in [1.54, 1.807) is 12.1 Å². The molecule has 2 nitrogen and oxygen atoms in total. The van der Waals surface area contributed by atoms with Crippen LogP contribution in [0.5, 0.6) is 0 Å². The molecule has 0 aliphatic carbocycles. The Morgan fingerprint density at radius 3 is 1.69 bits per heavy atom. The van der Waals surface area contributed by atoms with Crippen molar-refractivity contribution in [2.75, 3.05) is 0 Å². The van der Waals surface area contributed by atoms with E-state index >= 15 is 0 Å². The summed E-state index contributed by atoms with van der Waals surface area (Å²) in [5.41, 5.74) is 0.429. The first-order chi connectivity index (χ1) is 5.52. The molecule has 0 radical (unpaired) electrons. The van der Waals surface area contributed by atoms with Gasteiger partial charge >= 0.3 is 7.12 Å². The van der Waals surface area contributed by atoms with E-state index in [2.05, 4.69) is 47.8 Å². The van der Waals surface area contributed by atoms with Crippen LogP contribution in [0.15, 0.2) is 25.6 Å². The molecule has 66 valence electrons. The van der Waals surface area contributed by atoms with Crippen LogP contribution in [-0.2, 0) is 19.5 Å². The summed E-state index contributed by atoms with van der Waals surface area (Å²) in [6, 6.07) is 3.50. The molecule has 13 heavy (non-hydrogen) atoms. The summed E-state index contributed by atoms with van der Waals surface area (Å²) in [4.78, 5) is 0. The minimum atomic E-state index is -1.47. The Kier molecular flexibility index (Phi) is 6.57. The molecule has 1 rings (SSSR count). The Labute approximate surface area is 114 Å². The van der Waals surface area contributed by atoms with Crippen LogP contribution in [0.2, 0.25) is 0 Å². The zero-order chi connectivity index (χ0) is 9.30. The fourth-order valence-corrected chi connectivity index (χ4v) is 3.47. The van der Waals surface area contributed by atoms with Gasteiger partial charge in [-0.2, -0.15) is 0 Å². The van der Waals surface area contributed by atoms with E-state index < -0.39 is 7.12 Å². The van der Waals surface area contributed by atoms with Crippen molar-refractivity contribution in [1.82, 2.24) is 0 Å². The van der Waals surface area contributed by atoms with Crippen molar-refractivity contribution in [2.24, 2.45) is 0 Å². The maximum absolute atomic E-state index is 8.96. The maximum atomic E-state index is 8.96. The smallest absolute Gasteiger partial charge is 0.423 e. The molecule has 0 amide bonds. The third-order valence-corrected chi connectivity index (χ3v) is 3.07. The van der Waals surface area contributed by atoms with Crippen LogP contribution < -0.4 is 5.46 Å². The molecule has 1 aromatic rings. The average molecular weight is 424 g/mol.